The highest BCUT2D eigenvalue weighted by molar-refractivity contribution is 8.14. The van der Waals surface area contributed by atoms with Crippen molar-refractivity contribution in [3.05, 3.63) is 59.3 Å². The highest BCUT2D eigenvalue weighted by Gasteiger charge is 2.33. The lowest BCUT2D eigenvalue weighted by Gasteiger charge is -2.27. The maximum Gasteiger partial charge on any atom is 0.283 e. The smallest absolute Gasteiger partial charge is 0.283 e. The molecule has 0 radical (unpaired) electrons. The fraction of sp³-hybridized carbons (Fsp3) is 0.292. The third-order valence-corrected chi connectivity index (χ3v) is 6.43. The molecular weight excluding hydrogens is 442 g/mol. The summed E-state index contributed by atoms with van der Waals surface area (Å²) in [6.07, 6.45) is 1.73. The lowest BCUT2D eigenvalue weighted by Crippen LogP contribution is -2.42. The summed E-state index contributed by atoms with van der Waals surface area (Å²) >= 11 is 1.27. The lowest BCUT2D eigenvalue weighted by molar-refractivity contribution is -0.132. The Labute approximate surface area is 195 Å². The molecule has 33 heavy (non-hydrogen) atoms. The number of carbonyl (C=O) groups excluding carboxylic acids is 2. The van der Waals surface area contributed by atoms with Crippen LogP contribution in [0.5, 0.6) is 11.5 Å². The van der Waals surface area contributed by atoms with E-state index in [9.17, 15) is 9.59 Å². The number of amides is 2. The summed E-state index contributed by atoms with van der Waals surface area (Å²) < 4.78 is 16.1. The van der Waals surface area contributed by atoms with Gasteiger partial charge in [-0.05, 0) is 42.8 Å². The van der Waals surface area contributed by atoms with Gasteiger partial charge in [-0.25, -0.2) is 4.99 Å². The van der Waals surface area contributed by atoms with Crippen LogP contribution in [0, 0.1) is 6.92 Å². The van der Waals surface area contributed by atoms with Gasteiger partial charge in [0.25, 0.3) is 5.91 Å². The number of thioether (sulfide) groups is 1. The van der Waals surface area contributed by atoms with Crippen LogP contribution in [0.4, 0.5) is 5.69 Å². The molecule has 5 rings (SSSR count). The van der Waals surface area contributed by atoms with E-state index in [1.165, 1.54) is 11.8 Å². The number of nitrogens with zero attached hydrogens (tertiary/aromatic N) is 3. The van der Waals surface area contributed by atoms with Gasteiger partial charge >= 0.3 is 0 Å². The van der Waals surface area contributed by atoms with Crippen molar-refractivity contribution in [3.63, 3.8) is 0 Å². The van der Waals surface area contributed by atoms with E-state index in [1.807, 2.05) is 49.4 Å². The number of ether oxygens (including phenoxy) is 3. The predicted octanol–water partition coefficient (Wildman–Crippen LogP) is 3.06. The molecule has 2 amide bonds. The second-order valence-electron chi connectivity index (χ2n) is 7.79. The Bertz CT molecular complexity index is 1140. The molecule has 0 aromatic heterocycles. The minimum absolute atomic E-state index is 0.00973. The van der Waals surface area contributed by atoms with Crippen LogP contribution in [0.1, 0.15) is 11.1 Å². The van der Waals surface area contributed by atoms with E-state index in [1.54, 1.807) is 15.9 Å². The number of amidine groups is 1. The third-order valence-electron chi connectivity index (χ3n) is 5.51. The molecule has 0 unspecified atom stereocenters. The van der Waals surface area contributed by atoms with Crippen LogP contribution in [0.15, 0.2) is 53.2 Å². The van der Waals surface area contributed by atoms with Crippen LogP contribution >= 0.6 is 11.8 Å². The van der Waals surface area contributed by atoms with Gasteiger partial charge < -0.3 is 19.1 Å². The van der Waals surface area contributed by atoms with Crippen LogP contribution in [0.3, 0.4) is 0 Å². The number of carbonyl (C=O) groups is 2. The predicted molar refractivity (Wildman–Crippen MR) is 126 cm³/mol. The van der Waals surface area contributed by atoms with Crippen molar-refractivity contribution in [1.82, 2.24) is 4.90 Å². The molecule has 0 spiro atoms. The van der Waals surface area contributed by atoms with Crippen molar-refractivity contribution >= 4 is 40.5 Å². The second-order valence-corrected chi connectivity index (χ2v) is 8.74. The first-order valence-corrected chi connectivity index (χ1v) is 11.7. The third kappa shape index (κ3) is 4.60. The second kappa shape index (κ2) is 9.29. The molecule has 3 aliphatic heterocycles. The summed E-state index contributed by atoms with van der Waals surface area (Å²) in [5.41, 5.74) is 2.89. The highest BCUT2D eigenvalue weighted by atomic mass is 32.2. The van der Waals surface area contributed by atoms with Crippen LogP contribution in [-0.4, -0.2) is 60.7 Å². The van der Waals surface area contributed by atoms with Crippen molar-refractivity contribution in [2.45, 2.75) is 6.92 Å². The maximum absolute atomic E-state index is 13.3. The molecule has 1 saturated heterocycles. The Balaban J connectivity index is 1.41. The maximum atomic E-state index is 13.3. The molecule has 0 N–H and O–H groups in total. The van der Waals surface area contributed by atoms with E-state index in [-0.39, 0.29) is 24.4 Å². The van der Waals surface area contributed by atoms with Crippen LogP contribution in [0.25, 0.3) is 6.08 Å². The van der Waals surface area contributed by atoms with Crippen LogP contribution in [0.2, 0.25) is 0 Å². The van der Waals surface area contributed by atoms with Gasteiger partial charge in [0.2, 0.25) is 12.7 Å². The van der Waals surface area contributed by atoms with E-state index in [4.69, 9.17) is 14.2 Å². The Morgan fingerprint density at radius 2 is 1.85 bits per heavy atom. The van der Waals surface area contributed by atoms with Crippen molar-refractivity contribution in [2.24, 2.45) is 4.99 Å². The van der Waals surface area contributed by atoms with Crippen molar-refractivity contribution in [2.75, 3.05) is 43.7 Å². The minimum atomic E-state index is -0.238. The van der Waals surface area contributed by atoms with Crippen molar-refractivity contribution < 1.29 is 23.8 Å². The number of anilines is 1. The SMILES string of the molecule is Cc1ccc(N2C(=O)/C(=C\c3ccc4c(c3)OCO4)N=C2SCC(=O)N2CCOCC2)cc1. The molecule has 3 aliphatic rings. The molecule has 0 aliphatic carbocycles. The first kappa shape index (κ1) is 21.5. The number of benzene rings is 2. The standard InChI is InChI=1S/C24H23N3O5S/c1-16-2-5-18(6-3-16)27-23(29)19(12-17-4-7-20-21(13-17)32-15-31-20)25-24(27)33-14-22(28)26-8-10-30-11-9-26/h2-7,12-13H,8-11,14-15H2,1H3/b19-12+. The topological polar surface area (TPSA) is 80.7 Å². The summed E-state index contributed by atoms with van der Waals surface area (Å²) in [6, 6.07) is 13.2. The Kier molecular flexibility index (Phi) is 6.06. The molecule has 170 valence electrons. The van der Waals surface area contributed by atoms with Gasteiger partial charge in [0.15, 0.2) is 16.7 Å². The van der Waals surface area contributed by atoms with Gasteiger partial charge in [-0.3, -0.25) is 14.5 Å². The summed E-state index contributed by atoms with van der Waals surface area (Å²) in [5.74, 6) is 1.29. The summed E-state index contributed by atoms with van der Waals surface area (Å²) in [5, 5.41) is 0.484. The zero-order valence-electron chi connectivity index (χ0n) is 18.2. The average molecular weight is 466 g/mol. The van der Waals surface area contributed by atoms with E-state index in [0.29, 0.717) is 54.4 Å². The number of morpholine rings is 1. The molecule has 8 nitrogen and oxygen atoms in total. The fourth-order valence-corrected chi connectivity index (χ4v) is 4.62. The monoisotopic (exact) mass is 465 g/mol. The molecule has 2 aromatic rings. The number of hydrogen-bond donors (Lipinski definition) is 0. The minimum Gasteiger partial charge on any atom is -0.454 e. The van der Waals surface area contributed by atoms with Gasteiger partial charge in [-0.2, -0.15) is 0 Å². The van der Waals surface area contributed by atoms with E-state index < -0.39 is 0 Å². The van der Waals surface area contributed by atoms with Crippen LogP contribution < -0.4 is 14.4 Å². The van der Waals surface area contributed by atoms with Gasteiger partial charge in [0.1, 0.15) is 5.70 Å². The Morgan fingerprint density at radius 1 is 1.09 bits per heavy atom. The van der Waals surface area contributed by atoms with Gasteiger partial charge in [0, 0.05) is 13.1 Å². The normalized spacial score (nSPS) is 18.8. The number of aliphatic imine (C=N–C) groups is 1. The molecule has 0 saturated carbocycles. The zero-order chi connectivity index (χ0) is 22.8. The molecule has 9 heteroatoms. The Hall–Kier alpha value is -3.30. The first-order valence-electron chi connectivity index (χ1n) is 10.7. The van der Waals surface area contributed by atoms with Gasteiger partial charge in [-0.15, -0.1) is 0 Å². The molecule has 3 heterocycles. The number of aryl methyl sites for hydroxylation is 1. The highest BCUT2D eigenvalue weighted by Crippen LogP contribution is 2.34. The van der Waals surface area contributed by atoms with E-state index in [2.05, 4.69) is 4.99 Å². The summed E-state index contributed by atoms with van der Waals surface area (Å²) in [4.78, 5) is 34.0. The molecule has 1 fully saturated rings. The van der Waals surface area contributed by atoms with Crippen molar-refractivity contribution in [1.29, 1.82) is 0 Å². The number of hydrogen-bond acceptors (Lipinski definition) is 7. The van der Waals surface area contributed by atoms with Crippen LogP contribution in [-0.2, 0) is 14.3 Å². The zero-order valence-corrected chi connectivity index (χ0v) is 19.0. The molecular formula is C24H23N3O5S. The number of fused-ring (bicyclic) bond motifs is 1. The molecule has 0 atom stereocenters. The van der Waals surface area contributed by atoms with E-state index >= 15 is 0 Å². The average Bonchev–Trinajstić information content (AvgIpc) is 3.43. The Morgan fingerprint density at radius 3 is 2.64 bits per heavy atom. The van der Waals surface area contributed by atoms with Gasteiger partial charge in [-0.1, -0.05) is 35.5 Å². The largest absolute Gasteiger partial charge is 0.454 e. The molecule has 0 bridgehead atoms. The van der Waals surface area contributed by atoms with Gasteiger partial charge in [0.05, 0.1) is 24.7 Å². The summed E-state index contributed by atoms with van der Waals surface area (Å²) in [7, 11) is 0. The van der Waals surface area contributed by atoms with E-state index in [0.717, 1.165) is 11.1 Å². The number of rotatable bonds is 4. The van der Waals surface area contributed by atoms with Crippen molar-refractivity contribution in [3.8, 4) is 11.5 Å². The quantitative estimate of drug-likeness (QED) is 0.646. The fourth-order valence-electron chi connectivity index (χ4n) is 3.71. The molecule has 2 aromatic carbocycles. The lowest BCUT2D eigenvalue weighted by atomic mass is 10.1. The summed E-state index contributed by atoms with van der Waals surface area (Å²) in [6.45, 7) is 4.45. The first-order chi connectivity index (χ1) is 16.1.